The van der Waals surface area contributed by atoms with Crippen LogP contribution in [0.4, 0.5) is 0 Å². The molecule has 0 amide bonds. The van der Waals surface area contributed by atoms with Crippen molar-refractivity contribution >= 4 is 58.1 Å². The predicted molar refractivity (Wildman–Crippen MR) is 67.8 cm³/mol. The summed E-state index contributed by atoms with van der Waals surface area (Å²) in [5.74, 6) is -3.26. The maximum Gasteiger partial charge on any atom is 0.272 e. The molecular formula is C4H9Cl3N3O2PS2. The van der Waals surface area contributed by atoms with Gasteiger partial charge in [-0.15, -0.1) is 8.28 Å². The van der Waals surface area contributed by atoms with Crippen molar-refractivity contribution in [3.05, 3.63) is 0 Å². The molecule has 15 heavy (non-hydrogen) atoms. The number of hydrogen-bond acceptors (Lipinski definition) is 3. The van der Waals surface area contributed by atoms with E-state index < -0.39 is 29.7 Å². The standard InChI is InChI=1S/C4H9Cl3N3O2PS2/c1-4(2,3)14(11)8-13(5,6)9-15(7,12)10-14/h1-3H3. The van der Waals surface area contributed by atoms with Crippen LogP contribution >= 0.6 is 39.1 Å². The maximum atomic E-state index is 12.3. The van der Waals surface area contributed by atoms with Gasteiger partial charge in [-0.3, -0.25) is 0 Å². The van der Waals surface area contributed by atoms with Gasteiger partial charge < -0.3 is 0 Å². The van der Waals surface area contributed by atoms with Crippen LogP contribution in [-0.2, 0) is 19.0 Å². The van der Waals surface area contributed by atoms with Crippen LogP contribution in [0, 0.1) is 0 Å². The molecule has 0 saturated carbocycles. The summed E-state index contributed by atoms with van der Waals surface area (Å²) in [6.45, 7) is 4.86. The largest absolute Gasteiger partial charge is 0.272 e. The third kappa shape index (κ3) is 3.23. The van der Waals surface area contributed by atoms with E-state index in [2.05, 4.69) is 12.1 Å². The van der Waals surface area contributed by atoms with E-state index in [0.29, 0.717) is 0 Å². The van der Waals surface area contributed by atoms with Gasteiger partial charge in [-0.1, -0.05) is 3.77 Å². The fourth-order valence-electron chi connectivity index (χ4n) is 0.658. The number of halogens is 3. The zero-order valence-electron chi connectivity index (χ0n) is 8.06. The Morgan fingerprint density at radius 3 is 2.00 bits per heavy atom. The van der Waals surface area contributed by atoms with Crippen molar-refractivity contribution in [2.24, 2.45) is 12.1 Å². The fourth-order valence-corrected chi connectivity index (χ4v) is 11.8. The topological polar surface area (TPSA) is 71.2 Å². The first-order valence-electron chi connectivity index (χ1n) is 3.66. The van der Waals surface area contributed by atoms with Gasteiger partial charge in [0.2, 0.25) is 0 Å². The predicted octanol–water partition coefficient (Wildman–Crippen LogP) is 4.14. The van der Waals surface area contributed by atoms with Crippen molar-refractivity contribution in [1.29, 1.82) is 0 Å². The summed E-state index contributed by atoms with van der Waals surface area (Å²) in [4.78, 5) is 0. The minimum atomic E-state index is -3.49. The highest BCUT2D eigenvalue weighted by Gasteiger charge is 2.35. The van der Waals surface area contributed by atoms with Crippen molar-refractivity contribution in [2.75, 3.05) is 0 Å². The molecule has 0 N–H and O–H groups in total. The second-order valence-electron chi connectivity index (χ2n) is 3.73. The second kappa shape index (κ2) is 3.75. The summed E-state index contributed by atoms with van der Waals surface area (Å²) in [5, 5.41) is 0. The highest BCUT2D eigenvalue weighted by molar-refractivity contribution is 8.27. The summed E-state index contributed by atoms with van der Waals surface area (Å²) < 4.78 is 33.5. The Labute approximate surface area is 104 Å². The molecule has 0 fully saturated rings. The molecule has 0 aliphatic carbocycles. The van der Waals surface area contributed by atoms with Crippen molar-refractivity contribution in [1.82, 2.24) is 0 Å². The molecular weight excluding hydrogens is 324 g/mol. The van der Waals surface area contributed by atoms with E-state index in [1.807, 2.05) is 0 Å². The molecule has 0 aromatic rings. The Balaban J connectivity index is 3.75. The average molecular weight is 333 g/mol. The van der Waals surface area contributed by atoms with Crippen LogP contribution in [0.2, 0.25) is 0 Å². The molecule has 2 atom stereocenters. The van der Waals surface area contributed by atoms with Gasteiger partial charge in [0.15, 0.2) is 9.92 Å². The number of nitrogens with zero attached hydrogens (tertiary/aromatic N) is 3. The lowest BCUT2D eigenvalue weighted by atomic mass is 10.3. The molecule has 90 valence electrons. The number of rotatable bonds is 0. The molecule has 0 spiro atoms. The van der Waals surface area contributed by atoms with Crippen LogP contribution in [-0.4, -0.2) is 13.2 Å². The summed E-state index contributed by atoms with van der Waals surface area (Å²) in [6, 6.07) is 0. The van der Waals surface area contributed by atoms with Gasteiger partial charge >= 0.3 is 0 Å². The molecule has 0 bridgehead atoms. The molecule has 2 unspecified atom stereocenters. The van der Waals surface area contributed by atoms with Crippen molar-refractivity contribution in [2.45, 2.75) is 25.5 Å². The Morgan fingerprint density at radius 1 is 1.20 bits per heavy atom. The van der Waals surface area contributed by atoms with Crippen LogP contribution in [0.15, 0.2) is 12.1 Å². The van der Waals surface area contributed by atoms with Gasteiger partial charge in [-0.25, -0.2) is 8.42 Å². The molecule has 1 heterocycles. The van der Waals surface area contributed by atoms with Gasteiger partial charge in [0.1, 0.15) is 0 Å². The van der Waals surface area contributed by atoms with E-state index >= 15 is 0 Å². The van der Waals surface area contributed by atoms with Crippen molar-refractivity contribution in [3.8, 4) is 0 Å². The van der Waals surface area contributed by atoms with E-state index in [1.54, 1.807) is 20.8 Å². The molecule has 0 radical (unpaired) electrons. The Kier molecular flexibility index (Phi) is 3.52. The molecule has 0 aromatic heterocycles. The normalized spacial score (nSPS) is 39.9. The SMILES string of the molecule is CC(C)(C)S1(=O)=NS(=O)(Cl)=NP(Cl)(Cl)=N1. The van der Waals surface area contributed by atoms with Crippen LogP contribution < -0.4 is 0 Å². The monoisotopic (exact) mass is 331 g/mol. The van der Waals surface area contributed by atoms with Crippen LogP contribution in [0.25, 0.3) is 0 Å². The highest BCUT2D eigenvalue weighted by Crippen LogP contribution is 2.65. The third-order valence-electron chi connectivity index (χ3n) is 1.40. The first-order valence-corrected chi connectivity index (χ1v) is 10.9. The first kappa shape index (κ1) is 14.1. The molecule has 11 heteroatoms. The van der Waals surface area contributed by atoms with E-state index in [4.69, 9.17) is 33.2 Å². The van der Waals surface area contributed by atoms with Gasteiger partial charge in [0.05, 0.1) is 4.75 Å². The molecule has 1 rings (SSSR count). The van der Waals surface area contributed by atoms with Crippen molar-refractivity contribution < 1.29 is 8.42 Å². The average Bonchev–Trinajstić information content (AvgIpc) is 1.72. The van der Waals surface area contributed by atoms with E-state index in [-0.39, 0.29) is 0 Å². The van der Waals surface area contributed by atoms with Gasteiger partial charge in [0.25, 0.3) is 15.0 Å². The second-order valence-corrected chi connectivity index (χ2v) is 14.2. The van der Waals surface area contributed by atoms with Crippen LogP contribution in [0.3, 0.4) is 0 Å². The molecule has 0 aromatic carbocycles. The van der Waals surface area contributed by atoms with E-state index in [9.17, 15) is 8.42 Å². The summed E-state index contributed by atoms with van der Waals surface area (Å²) >= 11 is 11.4. The van der Waals surface area contributed by atoms with Crippen molar-refractivity contribution in [3.63, 3.8) is 0 Å². The fraction of sp³-hybridized carbons (Fsp3) is 1.00. The lowest BCUT2D eigenvalue weighted by Crippen LogP contribution is -2.26. The van der Waals surface area contributed by atoms with E-state index in [1.165, 1.54) is 0 Å². The smallest absolute Gasteiger partial charge is 0.225 e. The quantitative estimate of drug-likeness (QED) is 0.494. The molecule has 1 aliphatic heterocycles. The van der Waals surface area contributed by atoms with E-state index in [0.717, 1.165) is 0 Å². The zero-order valence-corrected chi connectivity index (χ0v) is 12.9. The Bertz CT molecular complexity index is 570. The number of hydrogen-bond donors (Lipinski definition) is 0. The Morgan fingerprint density at radius 2 is 1.67 bits per heavy atom. The summed E-state index contributed by atoms with van der Waals surface area (Å²) in [7, 11) is -1.22. The molecule has 1 aliphatic rings. The van der Waals surface area contributed by atoms with Gasteiger partial charge in [-0.2, -0.15) is 0 Å². The minimum absolute atomic E-state index is 0.852. The third-order valence-corrected chi connectivity index (χ3v) is 11.1. The summed E-state index contributed by atoms with van der Waals surface area (Å²) in [5.41, 5.74) is 0. The minimum Gasteiger partial charge on any atom is -0.225 e. The van der Waals surface area contributed by atoms with Crippen LogP contribution in [0.5, 0.6) is 0 Å². The molecule has 0 saturated heterocycles. The Hall–Kier alpha value is 1.00. The summed E-state index contributed by atoms with van der Waals surface area (Å²) in [6.07, 6.45) is 0. The van der Waals surface area contributed by atoms with Gasteiger partial charge in [0, 0.05) is 10.7 Å². The highest BCUT2D eigenvalue weighted by atomic mass is 35.9. The van der Waals surface area contributed by atoms with Crippen LogP contribution in [0.1, 0.15) is 20.8 Å². The first-order chi connectivity index (χ1) is 6.37. The lowest BCUT2D eigenvalue weighted by molar-refractivity contribution is 0.642. The maximum absolute atomic E-state index is 12.3. The molecule has 5 nitrogen and oxygen atoms in total. The lowest BCUT2D eigenvalue weighted by Gasteiger charge is -2.23. The zero-order chi connectivity index (χ0) is 12.1. The van der Waals surface area contributed by atoms with Gasteiger partial charge in [-0.05, 0) is 43.3 Å².